The molecule has 0 amide bonds. The molecule has 1 heteroatoms. The van der Waals surface area contributed by atoms with Gasteiger partial charge in [0.25, 0.3) is 0 Å². The Morgan fingerprint density at radius 1 is 1.07 bits per heavy atom. The van der Waals surface area contributed by atoms with Crippen LogP contribution in [0, 0.1) is 5.41 Å². The molecule has 1 aliphatic rings. The smallest absolute Gasteiger partial charge is 0.0593 e. The maximum atomic E-state index is 10.2. The van der Waals surface area contributed by atoms with Crippen molar-refractivity contribution in [3.63, 3.8) is 0 Å². The highest BCUT2D eigenvalue weighted by molar-refractivity contribution is 4.86. The molecule has 1 unspecified atom stereocenters. The lowest BCUT2D eigenvalue weighted by atomic mass is 9.80. The van der Waals surface area contributed by atoms with E-state index < -0.39 is 0 Å². The maximum absolute atomic E-state index is 10.2. The fourth-order valence-electron chi connectivity index (χ4n) is 2.81. The molecule has 0 heterocycles. The van der Waals surface area contributed by atoms with Crippen LogP contribution >= 0.6 is 0 Å². The van der Waals surface area contributed by atoms with E-state index in [2.05, 4.69) is 13.8 Å². The summed E-state index contributed by atoms with van der Waals surface area (Å²) in [5, 5.41) is 10.2. The molecule has 0 aromatic heterocycles. The molecule has 1 N–H and O–H groups in total. The molecule has 0 aromatic carbocycles. The van der Waals surface area contributed by atoms with Crippen molar-refractivity contribution in [2.45, 2.75) is 84.2 Å². The number of aliphatic hydroxyl groups excluding tert-OH is 1. The largest absolute Gasteiger partial charge is 0.393 e. The van der Waals surface area contributed by atoms with Crippen LogP contribution in [0.25, 0.3) is 0 Å². The second-order valence-corrected chi connectivity index (χ2v) is 5.58. The number of aliphatic hydroxyl groups is 1. The van der Waals surface area contributed by atoms with E-state index in [1.165, 1.54) is 57.8 Å². The second kappa shape index (κ2) is 6.52. The van der Waals surface area contributed by atoms with E-state index in [1.807, 2.05) is 0 Å². The highest BCUT2D eigenvalue weighted by Gasteiger charge is 2.35. The van der Waals surface area contributed by atoms with Crippen LogP contribution in [0.5, 0.6) is 0 Å². The Morgan fingerprint density at radius 3 is 2.27 bits per heavy atom. The van der Waals surface area contributed by atoms with E-state index in [4.69, 9.17) is 0 Å². The molecule has 1 rings (SSSR count). The van der Waals surface area contributed by atoms with E-state index in [9.17, 15) is 5.11 Å². The van der Waals surface area contributed by atoms with Crippen LogP contribution in [0.3, 0.4) is 0 Å². The first-order chi connectivity index (χ1) is 7.19. The minimum absolute atomic E-state index is 0.0402. The highest BCUT2D eigenvalue weighted by atomic mass is 16.3. The zero-order valence-corrected chi connectivity index (χ0v) is 10.6. The Kier molecular flexibility index (Phi) is 5.66. The normalized spacial score (nSPS) is 21.8. The van der Waals surface area contributed by atoms with Gasteiger partial charge in [0.05, 0.1) is 6.10 Å². The summed E-state index contributed by atoms with van der Waals surface area (Å²) in [6, 6.07) is 0. The topological polar surface area (TPSA) is 20.2 Å². The van der Waals surface area contributed by atoms with E-state index in [0.29, 0.717) is 0 Å². The van der Waals surface area contributed by atoms with Crippen LogP contribution < -0.4 is 0 Å². The third-order valence-corrected chi connectivity index (χ3v) is 4.13. The molecule has 0 aliphatic heterocycles. The number of unbranched alkanes of at least 4 members (excludes halogenated alkanes) is 4. The lowest BCUT2D eigenvalue weighted by molar-refractivity contribution is 0.0330. The van der Waals surface area contributed by atoms with Gasteiger partial charge in [-0.15, -0.1) is 0 Å². The van der Waals surface area contributed by atoms with Gasteiger partial charge in [0.2, 0.25) is 0 Å². The van der Waals surface area contributed by atoms with Crippen molar-refractivity contribution < 1.29 is 5.11 Å². The van der Waals surface area contributed by atoms with Gasteiger partial charge in [0, 0.05) is 0 Å². The van der Waals surface area contributed by atoms with Gasteiger partial charge >= 0.3 is 0 Å². The monoisotopic (exact) mass is 212 g/mol. The van der Waals surface area contributed by atoms with Gasteiger partial charge in [0.1, 0.15) is 0 Å². The average molecular weight is 212 g/mol. The molecule has 1 saturated carbocycles. The standard InChI is InChI=1S/C14H28O/c1-3-4-5-6-7-10-13(15)14(2)11-8-9-12-14/h13,15H,3-12H2,1-2H3. The molecule has 1 fully saturated rings. The van der Waals surface area contributed by atoms with Gasteiger partial charge in [-0.05, 0) is 24.7 Å². The molecule has 1 aliphatic carbocycles. The first-order valence-corrected chi connectivity index (χ1v) is 6.87. The molecule has 1 nitrogen and oxygen atoms in total. The van der Waals surface area contributed by atoms with Gasteiger partial charge in [-0.2, -0.15) is 0 Å². The van der Waals surface area contributed by atoms with Crippen molar-refractivity contribution in [1.29, 1.82) is 0 Å². The van der Waals surface area contributed by atoms with Crippen LogP contribution in [0.2, 0.25) is 0 Å². The Hall–Kier alpha value is -0.0400. The summed E-state index contributed by atoms with van der Waals surface area (Å²) in [6.45, 7) is 4.52. The minimum Gasteiger partial charge on any atom is -0.393 e. The molecule has 90 valence electrons. The molecule has 0 radical (unpaired) electrons. The lowest BCUT2D eigenvalue weighted by Gasteiger charge is -2.30. The van der Waals surface area contributed by atoms with Gasteiger partial charge in [-0.25, -0.2) is 0 Å². The van der Waals surface area contributed by atoms with Crippen LogP contribution in [-0.2, 0) is 0 Å². The summed E-state index contributed by atoms with van der Waals surface area (Å²) < 4.78 is 0. The van der Waals surface area contributed by atoms with Crippen molar-refractivity contribution in [2.75, 3.05) is 0 Å². The lowest BCUT2D eigenvalue weighted by Crippen LogP contribution is -2.29. The zero-order chi connectivity index (χ0) is 11.1. The molecule has 1 atom stereocenters. The first kappa shape index (κ1) is 13.0. The predicted octanol–water partition coefficient (Wildman–Crippen LogP) is 4.29. The van der Waals surface area contributed by atoms with Crippen molar-refractivity contribution in [3.8, 4) is 0 Å². The van der Waals surface area contributed by atoms with Crippen molar-refractivity contribution in [1.82, 2.24) is 0 Å². The Bertz CT molecular complexity index is 159. The van der Waals surface area contributed by atoms with E-state index in [1.54, 1.807) is 0 Å². The summed E-state index contributed by atoms with van der Waals surface area (Å²) in [6.07, 6.45) is 12.6. The minimum atomic E-state index is -0.0402. The van der Waals surface area contributed by atoms with Crippen molar-refractivity contribution >= 4 is 0 Å². The third kappa shape index (κ3) is 4.14. The number of hydrogen-bond donors (Lipinski definition) is 1. The molecular formula is C14H28O. The highest BCUT2D eigenvalue weighted by Crippen LogP contribution is 2.41. The van der Waals surface area contributed by atoms with Crippen LogP contribution in [0.4, 0.5) is 0 Å². The average Bonchev–Trinajstić information content (AvgIpc) is 2.66. The Labute approximate surface area is 95.3 Å². The van der Waals surface area contributed by atoms with Crippen molar-refractivity contribution in [3.05, 3.63) is 0 Å². The summed E-state index contributed by atoms with van der Waals surface area (Å²) in [5.74, 6) is 0. The fourth-order valence-corrected chi connectivity index (χ4v) is 2.81. The van der Waals surface area contributed by atoms with Gasteiger partial charge in [0.15, 0.2) is 0 Å². The van der Waals surface area contributed by atoms with E-state index in [0.717, 1.165) is 6.42 Å². The van der Waals surface area contributed by atoms with Gasteiger partial charge in [-0.1, -0.05) is 58.8 Å². The van der Waals surface area contributed by atoms with Gasteiger partial charge in [-0.3, -0.25) is 0 Å². The Balaban J connectivity index is 2.09. The summed E-state index contributed by atoms with van der Waals surface area (Å²) in [7, 11) is 0. The summed E-state index contributed by atoms with van der Waals surface area (Å²) in [5.41, 5.74) is 0.255. The number of rotatable bonds is 7. The molecule has 0 aromatic rings. The zero-order valence-electron chi connectivity index (χ0n) is 10.6. The molecule has 15 heavy (non-hydrogen) atoms. The fraction of sp³-hybridized carbons (Fsp3) is 1.00. The van der Waals surface area contributed by atoms with E-state index >= 15 is 0 Å². The first-order valence-electron chi connectivity index (χ1n) is 6.87. The van der Waals surface area contributed by atoms with Crippen LogP contribution in [-0.4, -0.2) is 11.2 Å². The predicted molar refractivity (Wildman–Crippen MR) is 66.0 cm³/mol. The number of hydrogen-bond acceptors (Lipinski definition) is 1. The summed E-state index contributed by atoms with van der Waals surface area (Å²) >= 11 is 0. The molecule has 0 bridgehead atoms. The van der Waals surface area contributed by atoms with Crippen molar-refractivity contribution in [2.24, 2.45) is 5.41 Å². The van der Waals surface area contributed by atoms with Gasteiger partial charge < -0.3 is 5.11 Å². The molecular weight excluding hydrogens is 184 g/mol. The van der Waals surface area contributed by atoms with E-state index in [-0.39, 0.29) is 11.5 Å². The SMILES string of the molecule is CCCCCCCC(O)C1(C)CCCC1. The molecule has 0 spiro atoms. The maximum Gasteiger partial charge on any atom is 0.0593 e. The van der Waals surface area contributed by atoms with Crippen LogP contribution in [0.1, 0.15) is 78.1 Å². The quantitative estimate of drug-likeness (QED) is 0.624. The molecule has 0 saturated heterocycles. The van der Waals surface area contributed by atoms with Crippen LogP contribution in [0.15, 0.2) is 0 Å². The Morgan fingerprint density at radius 2 is 1.67 bits per heavy atom. The third-order valence-electron chi connectivity index (χ3n) is 4.13. The summed E-state index contributed by atoms with van der Waals surface area (Å²) in [4.78, 5) is 0. The second-order valence-electron chi connectivity index (χ2n) is 5.58.